The van der Waals surface area contributed by atoms with Crippen molar-refractivity contribution in [2.24, 2.45) is 5.92 Å². The molecule has 3 aliphatic heterocycles. The van der Waals surface area contributed by atoms with Crippen LogP contribution in [0.2, 0.25) is 5.02 Å². The summed E-state index contributed by atoms with van der Waals surface area (Å²) < 4.78 is 13.1. The predicted molar refractivity (Wildman–Crippen MR) is 80.6 cm³/mol. The summed E-state index contributed by atoms with van der Waals surface area (Å²) in [6.07, 6.45) is 2.30. The molecule has 3 heterocycles. The van der Waals surface area contributed by atoms with Gasteiger partial charge >= 0.3 is 0 Å². The molecule has 21 heavy (non-hydrogen) atoms. The van der Waals surface area contributed by atoms with E-state index >= 15 is 0 Å². The fourth-order valence-corrected chi connectivity index (χ4v) is 3.73. The average Bonchev–Trinajstić information content (AvgIpc) is 2.73. The summed E-state index contributed by atoms with van der Waals surface area (Å²) in [6, 6.07) is 4.97. The third kappa shape index (κ3) is 3.22. The van der Waals surface area contributed by atoms with Crippen LogP contribution in [0.5, 0.6) is 0 Å². The van der Waals surface area contributed by atoms with E-state index in [0.717, 1.165) is 38.2 Å². The van der Waals surface area contributed by atoms with Crippen molar-refractivity contribution in [2.75, 3.05) is 19.6 Å². The smallest absolute Gasteiger partial charge is 0.219 e. The minimum atomic E-state index is -0.302. The van der Waals surface area contributed by atoms with E-state index in [2.05, 4.69) is 4.90 Å². The number of nitrogens with zero attached hydrogens (tertiary/aromatic N) is 2. The molecule has 0 saturated carbocycles. The first-order chi connectivity index (χ1) is 10.0. The maximum absolute atomic E-state index is 13.1. The number of hydrogen-bond acceptors (Lipinski definition) is 2. The maximum Gasteiger partial charge on any atom is 0.219 e. The molecule has 3 nitrogen and oxygen atoms in total. The van der Waals surface area contributed by atoms with Gasteiger partial charge in [0.2, 0.25) is 5.91 Å². The fraction of sp³-hybridized carbons (Fsp3) is 0.562. The summed E-state index contributed by atoms with van der Waals surface area (Å²) in [5.41, 5.74) is 0.958. The van der Waals surface area contributed by atoms with Gasteiger partial charge in [0.25, 0.3) is 0 Å². The van der Waals surface area contributed by atoms with E-state index in [9.17, 15) is 9.18 Å². The second-order valence-corrected chi connectivity index (χ2v) is 6.59. The number of amides is 1. The number of benzene rings is 1. The number of halogens is 2. The van der Waals surface area contributed by atoms with Crippen LogP contribution in [0.4, 0.5) is 4.39 Å². The van der Waals surface area contributed by atoms with Crippen LogP contribution in [0.3, 0.4) is 0 Å². The Morgan fingerprint density at radius 1 is 1.33 bits per heavy atom. The average molecular weight is 311 g/mol. The van der Waals surface area contributed by atoms with Gasteiger partial charge in [0, 0.05) is 44.2 Å². The molecule has 1 aromatic rings. The van der Waals surface area contributed by atoms with Crippen molar-refractivity contribution in [1.29, 1.82) is 0 Å². The van der Waals surface area contributed by atoms with Gasteiger partial charge < -0.3 is 4.90 Å². The summed E-state index contributed by atoms with van der Waals surface area (Å²) in [5, 5.41) is 0.485. The molecule has 0 aliphatic carbocycles. The molecule has 0 spiro atoms. The quantitative estimate of drug-likeness (QED) is 0.838. The van der Waals surface area contributed by atoms with Crippen molar-refractivity contribution in [2.45, 2.75) is 32.4 Å². The maximum atomic E-state index is 13.1. The Kier molecular flexibility index (Phi) is 4.18. The highest BCUT2D eigenvalue weighted by atomic mass is 35.5. The van der Waals surface area contributed by atoms with Crippen LogP contribution in [0.15, 0.2) is 18.2 Å². The van der Waals surface area contributed by atoms with Crippen LogP contribution >= 0.6 is 11.6 Å². The predicted octanol–water partition coefficient (Wildman–Crippen LogP) is 2.92. The minimum Gasteiger partial charge on any atom is -0.341 e. The minimum absolute atomic E-state index is 0.161. The van der Waals surface area contributed by atoms with Gasteiger partial charge in [-0.2, -0.15) is 0 Å². The Labute approximate surface area is 129 Å². The molecule has 0 aromatic heterocycles. The molecule has 4 rings (SSSR count). The Morgan fingerprint density at radius 2 is 2.14 bits per heavy atom. The third-order valence-electron chi connectivity index (χ3n) is 4.66. The van der Waals surface area contributed by atoms with Gasteiger partial charge in [0.15, 0.2) is 0 Å². The van der Waals surface area contributed by atoms with Crippen LogP contribution in [0, 0.1) is 11.7 Å². The summed E-state index contributed by atoms with van der Waals surface area (Å²) in [6.45, 7) is 5.02. The lowest BCUT2D eigenvalue weighted by molar-refractivity contribution is -0.129. The second-order valence-electron chi connectivity index (χ2n) is 6.19. The van der Waals surface area contributed by atoms with Crippen molar-refractivity contribution in [1.82, 2.24) is 9.80 Å². The van der Waals surface area contributed by atoms with Crippen LogP contribution < -0.4 is 0 Å². The molecular weight excluding hydrogens is 291 g/mol. The van der Waals surface area contributed by atoms with E-state index in [0.29, 0.717) is 17.0 Å². The molecule has 2 atom stereocenters. The summed E-state index contributed by atoms with van der Waals surface area (Å²) >= 11 is 6.14. The largest absolute Gasteiger partial charge is 0.341 e. The first-order valence-electron chi connectivity index (χ1n) is 7.46. The number of carbonyl (C=O) groups is 1. The number of hydrogen-bond donors (Lipinski definition) is 0. The van der Waals surface area contributed by atoms with Gasteiger partial charge in [0.05, 0.1) is 0 Å². The van der Waals surface area contributed by atoms with Crippen LogP contribution in [-0.2, 0) is 11.3 Å². The summed E-state index contributed by atoms with van der Waals surface area (Å²) in [5.74, 6) is 0.393. The lowest BCUT2D eigenvalue weighted by Crippen LogP contribution is -2.43. The van der Waals surface area contributed by atoms with E-state index < -0.39 is 0 Å². The Balaban J connectivity index is 1.76. The van der Waals surface area contributed by atoms with Crippen molar-refractivity contribution >= 4 is 17.5 Å². The first kappa shape index (κ1) is 14.8. The van der Waals surface area contributed by atoms with Crippen LogP contribution in [0.1, 0.15) is 25.3 Å². The molecule has 1 aromatic carbocycles. The van der Waals surface area contributed by atoms with E-state index in [1.807, 2.05) is 4.90 Å². The van der Waals surface area contributed by atoms with E-state index in [1.54, 1.807) is 13.0 Å². The lowest BCUT2D eigenvalue weighted by atomic mass is 9.94. The van der Waals surface area contributed by atoms with Gasteiger partial charge in [-0.1, -0.05) is 17.7 Å². The molecule has 3 aliphatic rings. The Bertz CT molecular complexity index is 551. The normalized spacial score (nSPS) is 26.0. The van der Waals surface area contributed by atoms with Gasteiger partial charge in [-0.25, -0.2) is 4.39 Å². The Morgan fingerprint density at radius 3 is 2.86 bits per heavy atom. The highest BCUT2D eigenvalue weighted by molar-refractivity contribution is 6.31. The lowest BCUT2D eigenvalue weighted by Gasteiger charge is -2.36. The van der Waals surface area contributed by atoms with Gasteiger partial charge in [-0.3, -0.25) is 9.69 Å². The Hall–Kier alpha value is -1.13. The van der Waals surface area contributed by atoms with Gasteiger partial charge in [0.1, 0.15) is 5.82 Å². The molecule has 114 valence electrons. The summed E-state index contributed by atoms with van der Waals surface area (Å²) in [4.78, 5) is 16.0. The number of fused-ring (bicyclic) bond motifs is 4. The standard InChI is InChI=1S/C16H20ClFN2O/c1-11(21)19-7-12-2-5-15(10-19)20(8-12)9-13-3-4-14(18)6-16(13)17/h3-4,6,12,15H,2,5,7-10H2,1H3/t12-,15+/m1/s1. The van der Waals surface area contributed by atoms with Crippen molar-refractivity contribution in [3.63, 3.8) is 0 Å². The third-order valence-corrected chi connectivity index (χ3v) is 5.01. The highest BCUT2D eigenvalue weighted by Gasteiger charge is 2.35. The topological polar surface area (TPSA) is 23.6 Å². The number of rotatable bonds is 2. The molecule has 3 saturated heterocycles. The molecule has 0 N–H and O–H groups in total. The molecule has 0 unspecified atom stereocenters. The van der Waals surface area contributed by atoms with Crippen molar-refractivity contribution in [3.05, 3.63) is 34.6 Å². The zero-order valence-corrected chi connectivity index (χ0v) is 12.9. The first-order valence-corrected chi connectivity index (χ1v) is 7.84. The van der Waals surface area contributed by atoms with Crippen LogP contribution in [0.25, 0.3) is 0 Å². The summed E-state index contributed by atoms with van der Waals surface area (Å²) in [7, 11) is 0. The zero-order chi connectivity index (χ0) is 15.0. The molecule has 2 bridgehead atoms. The highest BCUT2D eigenvalue weighted by Crippen LogP contribution is 2.30. The van der Waals surface area contributed by atoms with Gasteiger partial charge in [-0.15, -0.1) is 0 Å². The molecule has 3 fully saturated rings. The zero-order valence-electron chi connectivity index (χ0n) is 12.2. The molecule has 5 heteroatoms. The molecule has 1 amide bonds. The van der Waals surface area contributed by atoms with Gasteiger partial charge in [-0.05, 0) is 36.5 Å². The van der Waals surface area contributed by atoms with E-state index in [1.165, 1.54) is 18.6 Å². The van der Waals surface area contributed by atoms with E-state index in [4.69, 9.17) is 11.6 Å². The second kappa shape index (κ2) is 5.93. The number of carbonyl (C=O) groups excluding carboxylic acids is 1. The molecule has 0 radical (unpaired) electrons. The fourth-order valence-electron chi connectivity index (χ4n) is 3.50. The van der Waals surface area contributed by atoms with Crippen molar-refractivity contribution < 1.29 is 9.18 Å². The SMILES string of the molecule is CC(=O)N1C[C@H]2CC[C@@H](C1)N(Cc1ccc(F)cc1Cl)C2. The van der Waals surface area contributed by atoms with Crippen LogP contribution in [-0.4, -0.2) is 41.4 Å². The molecular formula is C16H20ClFN2O. The number of piperidine rings is 1. The van der Waals surface area contributed by atoms with E-state index in [-0.39, 0.29) is 11.7 Å². The monoisotopic (exact) mass is 310 g/mol. The van der Waals surface area contributed by atoms with Crippen molar-refractivity contribution in [3.8, 4) is 0 Å².